The third-order valence-corrected chi connectivity index (χ3v) is 4.88. The first kappa shape index (κ1) is 11.6. The highest BCUT2D eigenvalue weighted by molar-refractivity contribution is 7.89. The van der Waals surface area contributed by atoms with Gasteiger partial charge in [-0.3, -0.25) is 4.68 Å². The number of rotatable bonds is 3. The molecule has 1 saturated heterocycles. The lowest BCUT2D eigenvalue weighted by Gasteiger charge is -2.16. The second-order valence-electron chi connectivity index (χ2n) is 3.93. The van der Waals surface area contributed by atoms with E-state index in [1.165, 1.54) is 21.3 Å². The molecule has 0 saturated carbocycles. The van der Waals surface area contributed by atoms with Gasteiger partial charge in [0.1, 0.15) is 0 Å². The van der Waals surface area contributed by atoms with Gasteiger partial charge in [0.25, 0.3) is 10.0 Å². The molecule has 0 aliphatic carbocycles. The molecule has 90 valence electrons. The summed E-state index contributed by atoms with van der Waals surface area (Å²) in [5.74, 6) is 0. The monoisotopic (exact) mass is 244 g/mol. The zero-order chi connectivity index (χ0) is 11.8. The summed E-state index contributed by atoms with van der Waals surface area (Å²) in [6, 6.07) is 1.78. The fraction of sp³-hybridized carbons (Fsp3) is 0.667. The molecule has 2 rings (SSSR count). The summed E-state index contributed by atoms with van der Waals surface area (Å²) < 4.78 is 27.3. The van der Waals surface area contributed by atoms with Crippen LogP contribution in [0.3, 0.4) is 0 Å². The molecule has 0 aromatic carbocycles. The van der Waals surface area contributed by atoms with Crippen molar-refractivity contribution in [2.75, 3.05) is 20.1 Å². The van der Waals surface area contributed by atoms with Crippen molar-refractivity contribution in [1.29, 1.82) is 0 Å². The number of nitrogens with one attached hydrogen (secondary N) is 1. The van der Waals surface area contributed by atoms with Crippen molar-refractivity contribution >= 4 is 10.0 Å². The van der Waals surface area contributed by atoms with E-state index in [4.69, 9.17) is 0 Å². The summed E-state index contributed by atoms with van der Waals surface area (Å²) in [4.78, 5) is 0. The van der Waals surface area contributed by atoms with Crippen molar-refractivity contribution in [2.45, 2.75) is 17.5 Å². The molecule has 1 aromatic heterocycles. The molecule has 1 atom stereocenters. The Morgan fingerprint density at radius 1 is 1.56 bits per heavy atom. The van der Waals surface area contributed by atoms with Crippen LogP contribution in [-0.4, -0.2) is 48.7 Å². The van der Waals surface area contributed by atoms with Crippen LogP contribution < -0.4 is 5.32 Å². The van der Waals surface area contributed by atoms with E-state index in [2.05, 4.69) is 10.4 Å². The quantitative estimate of drug-likeness (QED) is 0.771. The average Bonchev–Trinajstić information content (AvgIpc) is 2.85. The maximum absolute atomic E-state index is 12.2. The van der Waals surface area contributed by atoms with Crippen LogP contribution in [-0.2, 0) is 17.1 Å². The fourth-order valence-corrected chi connectivity index (χ4v) is 3.53. The van der Waals surface area contributed by atoms with Crippen molar-refractivity contribution < 1.29 is 8.42 Å². The predicted octanol–water partition coefficient (Wildman–Crippen LogP) is -0.597. The predicted molar refractivity (Wildman–Crippen MR) is 59.4 cm³/mol. The number of aryl methyl sites for hydroxylation is 1. The molecule has 6 nitrogen and oxygen atoms in total. The average molecular weight is 244 g/mol. The zero-order valence-corrected chi connectivity index (χ0v) is 10.2. The lowest BCUT2D eigenvalue weighted by Crippen LogP contribution is -2.34. The lowest BCUT2D eigenvalue weighted by molar-refractivity contribution is 0.456. The molecule has 16 heavy (non-hydrogen) atoms. The van der Waals surface area contributed by atoms with E-state index in [-0.39, 0.29) is 11.1 Å². The zero-order valence-electron chi connectivity index (χ0n) is 9.42. The van der Waals surface area contributed by atoms with Crippen LogP contribution in [0.2, 0.25) is 0 Å². The largest absolute Gasteiger partial charge is 0.316 e. The molecule has 0 radical (unpaired) electrons. The van der Waals surface area contributed by atoms with Crippen molar-refractivity contribution in [2.24, 2.45) is 7.05 Å². The maximum atomic E-state index is 12.2. The van der Waals surface area contributed by atoms with E-state index >= 15 is 0 Å². The van der Waals surface area contributed by atoms with E-state index in [0.717, 1.165) is 6.42 Å². The molecule has 1 unspecified atom stereocenters. The van der Waals surface area contributed by atoms with Gasteiger partial charge in [0.15, 0.2) is 5.03 Å². The van der Waals surface area contributed by atoms with E-state index < -0.39 is 10.0 Å². The maximum Gasteiger partial charge on any atom is 0.260 e. The number of hydrogen-bond acceptors (Lipinski definition) is 4. The molecular weight excluding hydrogens is 228 g/mol. The summed E-state index contributed by atoms with van der Waals surface area (Å²) in [5, 5.41) is 7.24. The minimum Gasteiger partial charge on any atom is -0.316 e. The third-order valence-electron chi connectivity index (χ3n) is 2.94. The standard InChI is InChI=1S/C9H16N4O2S/c1-10-8-4-6-13(7-8)16(14,15)9-3-5-11-12(9)2/h3,5,8,10H,4,6-7H2,1-2H3. The van der Waals surface area contributed by atoms with Crippen LogP contribution in [0.5, 0.6) is 0 Å². The lowest BCUT2D eigenvalue weighted by atomic mass is 10.3. The van der Waals surface area contributed by atoms with E-state index in [0.29, 0.717) is 13.1 Å². The molecule has 1 aromatic rings. The summed E-state index contributed by atoms with van der Waals surface area (Å²) in [6.45, 7) is 1.10. The summed E-state index contributed by atoms with van der Waals surface area (Å²) in [5.41, 5.74) is 0. The summed E-state index contributed by atoms with van der Waals surface area (Å²) in [6.07, 6.45) is 2.35. The van der Waals surface area contributed by atoms with Crippen LogP contribution >= 0.6 is 0 Å². The van der Waals surface area contributed by atoms with Gasteiger partial charge in [0.2, 0.25) is 0 Å². The number of nitrogens with zero attached hydrogens (tertiary/aromatic N) is 3. The van der Waals surface area contributed by atoms with Gasteiger partial charge in [-0.15, -0.1) is 0 Å². The summed E-state index contributed by atoms with van der Waals surface area (Å²) in [7, 11) is 0.114. The topological polar surface area (TPSA) is 67.2 Å². The second-order valence-corrected chi connectivity index (χ2v) is 5.82. The van der Waals surface area contributed by atoms with Gasteiger partial charge in [0, 0.05) is 26.2 Å². The molecule has 0 bridgehead atoms. The number of sulfonamides is 1. The Labute approximate surface area is 95.3 Å². The molecular formula is C9H16N4O2S. The van der Waals surface area contributed by atoms with Crippen molar-refractivity contribution in [1.82, 2.24) is 19.4 Å². The minimum atomic E-state index is -3.38. The van der Waals surface area contributed by atoms with Crippen LogP contribution in [0.1, 0.15) is 6.42 Å². The van der Waals surface area contributed by atoms with Crippen LogP contribution in [0, 0.1) is 0 Å². The molecule has 7 heteroatoms. The highest BCUT2D eigenvalue weighted by atomic mass is 32.2. The Bertz CT molecular complexity index is 468. The minimum absolute atomic E-state index is 0.253. The van der Waals surface area contributed by atoms with Gasteiger partial charge in [-0.2, -0.15) is 9.40 Å². The van der Waals surface area contributed by atoms with Gasteiger partial charge in [-0.1, -0.05) is 0 Å². The molecule has 0 amide bonds. The van der Waals surface area contributed by atoms with Gasteiger partial charge < -0.3 is 5.32 Å². The first-order valence-corrected chi connectivity index (χ1v) is 6.65. The molecule has 2 heterocycles. The molecule has 1 N–H and O–H groups in total. The Balaban J connectivity index is 2.25. The highest BCUT2D eigenvalue weighted by Crippen LogP contribution is 2.19. The first-order valence-electron chi connectivity index (χ1n) is 5.21. The van der Waals surface area contributed by atoms with Gasteiger partial charge in [0.05, 0.1) is 6.20 Å². The van der Waals surface area contributed by atoms with E-state index in [9.17, 15) is 8.42 Å². The van der Waals surface area contributed by atoms with Gasteiger partial charge in [-0.25, -0.2) is 8.42 Å². The van der Waals surface area contributed by atoms with Crippen LogP contribution in [0.25, 0.3) is 0 Å². The first-order chi connectivity index (χ1) is 7.55. The highest BCUT2D eigenvalue weighted by Gasteiger charge is 2.33. The van der Waals surface area contributed by atoms with Crippen molar-refractivity contribution in [3.8, 4) is 0 Å². The van der Waals surface area contributed by atoms with Gasteiger partial charge in [-0.05, 0) is 19.5 Å². The van der Waals surface area contributed by atoms with E-state index in [1.807, 2.05) is 7.05 Å². The molecule has 1 aliphatic heterocycles. The number of hydrogen-bond donors (Lipinski definition) is 1. The Morgan fingerprint density at radius 2 is 2.31 bits per heavy atom. The second kappa shape index (κ2) is 4.15. The SMILES string of the molecule is CNC1CCN(S(=O)(=O)c2ccnn2C)C1. The molecule has 1 aliphatic rings. The Kier molecular flexibility index (Phi) is 3.00. The smallest absolute Gasteiger partial charge is 0.260 e. The van der Waals surface area contributed by atoms with Crippen LogP contribution in [0.4, 0.5) is 0 Å². The number of likely N-dealkylation sites (N-methyl/N-ethyl adjacent to an activating group) is 1. The van der Waals surface area contributed by atoms with Crippen LogP contribution in [0.15, 0.2) is 17.3 Å². The van der Waals surface area contributed by atoms with E-state index in [1.54, 1.807) is 7.05 Å². The van der Waals surface area contributed by atoms with Crippen molar-refractivity contribution in [3.63, 3.8) is 0 Å². The fourth-order valence-electron chi connectivity index (χ4n) is 1.93. The normalized spacial score (nSPS) is 22.8. The number of aromatic nitrogens is 2. The summed E-state index contributed by atoms with van der Waals surface area (Å²) >= 11 is 0. The Hall–Kier alpha value is -0.920. The van der Waals surface area contributed by atoms with Gasteiger partial charge >= 0.3 is 0 Å². The molecule has 1 fully saturated rings. The van der Waals surface area contributed by atoms with Crippen molar-refractivity contribution in [3.05, 3.63) is 12.3 Å². The molecule has 0 spiro atoms. The Morgan fingerprint density at radius 3 is 2.81 bits per heavy atom. The third kappa shape index (κ3) is 1.85.